The topological polar surface area (TPSA) is 30.5 Å². The highest BCUT2D eigenvalue weighted by Gasteiger charge is 2.40. The lowest BCUT2D eigenvalue weighted by Crippen LogP contribution is -2.41. The third-order valence-corrected chi connectivity index (χ3v) is 5.50. The Morgan fingerprint density at radius 3 is 2.53 bits per heavy atom. The molecule has 2 heterocycles. The molecular formula is C15H23NO2S. The summed E-state index contributed by atoms with van der Waals surface area (Å²) in [5, 5.41) is 3.68. The maximum atomic E-state index is 5.76. The van der Waals surface area contributed by atoms with Crippen molar-refractivity contribution in [2.45, 2.75) is 57.9 Å². The first kappa shape index (κ1) is 13.6. The first-order chi connectivity index (χ1) is 9.17. The van der Waals surface area contributed by atoms with E-state index in [1.165, 1.54) is 15.3 Å². The molecular weight excluding hydrogens is 258 g/mol. The van der Waals surface area contributed by atoms with Crippen LogP contribution < -0.4 is 5.32 Å². The standard InChI is InChI=1S/C15H23NO2S/c1-11-9-14(19-12(11)2)10-16-13-3-5-15(6-4-13)17-7-8-18-15/h9,13,16H,3-8,10H2,1-2H3. The number of aryl methyl sites for hydroxylation is 2. The lowest BCUT2D eigenvalue weighted by molar-refractivity contribution is -0.179. The van der Waals surface area contributed by atoms with Gasteiger partial charge in [-0.05, 0) is 38.3 Å². The number of nitrogens with one attached hydrogen (secondary N) is 1. The van der Waals surface area contributed by atoms with E-state index in [9.17, 15) is 0 Å². The molecule has 0 atom stereocenters. The molecule has 3 rings (SSSR count). The van der Waals surface area contributed by atoms with Gasteiger partial charge < -0.3 is 14.8 Å². The molecule has 2 aliphatic rings. The van der Waals surface area contributed by atoms with Crippen LogP contribution in [0.15, 0.2) is 6.07 Å². The fourth-order valence-corrected chi connectivity index (χ4v) is 4.03. The van der Waals surface area contributed by atoms with Crippen molar-refractivity contribution in [2.24, 2.45) is 0 Å². The van der Waals surface area contributed by atoms with Gasteiger partial charge in [0.05, 0.1) is 13.2 Å². The summed E-state index contributed by atoms with van der Waals surface area (Å²) in [4.78, 5) is 2.89. The summed E-state index contributed by atoms with van der Waals surface area (Å²) < 4.78 is 11.5. The molecule has 3 nitrogen and oxygen atoms in total. The molecule has 1 aromatic heterocycles. The van der Waals surface area contributed by atoms with Gasteiger partial charge in [0.25, 0.3) is 0 Å². The number of rotatable bonds is 3. The smallest absolute Gasteiger partial charge is 0.168 e. The molecule has 2 fully saturated rings. The van der Waals surface area contributed by atoms with Crippen molar-refractivity contribution in [1.29, 1.82) is 0 Å². The molecule has 1 saturated heterocycles. The highest BCUT2D eigenvalue weighted by molar-refractivity contribution is 7.12. The summed E-state index contributed by atoms with van der Waals surface area (Å²) >= 11 is 1.91. The minimum Gasteiger partial charge on any atom is -0.348 e. The molecule has 0 radical (unpaired) electrons. The second-order valence-electron chi connectivity index (χ2n) is 5.71. The van der Waals surface area contributed by atoms with Crippen LogP contribution in [-0.4, -0.2) is 25.0 Å². The lowest BCUT2D eigenvalue weighted by Gasteiger charge is -2.35. The van der Waals surface area contributed by atoms with Crippen molar-refractivity contribution in [1.82, 2.24) is 5.32 Å². The molecule has 1 N–H and O–H groups in total. The average Bonchev–Trinajstić information content (AvgIpc) is 2.98. The highest BCUT2D eigenvalue weighted by Crippen LogP contribution is 2.35. The van der Waals surface area contributed by atoms with Gasteiger partial charge in [0.1, 0.15) is 0 Å². The summed E-state index contributed by atoms with van der Waals surface area (Å²) in [5.41, 5.74) is 1.41. The second kappa shape index (κ2) is 5.52. The zero-order valence-corrected chi connectivity index (χ0v) is 12.6. The van der Waals surface area contributed by atoms with Crippen LogP contribution in [0.1, 0.15) is 41.0 Å². The van der Waals surface area contributed by atoms with E-state index in [4.69, 9.17) is 9.47 Å². The molecule has 1 aromatic rings. The van der Waals surface area contributed by atoms with E-state index in [-0.39, 0.29) is 5.79 Å². The second-order valence-corrected chi connectivity index (χ2v) is 7.06. The van der Waals surface area contributed by atoms with Gasteiger partial charge in [-0.3, -0.25) is 0 Å². The normalized spacial score (nSPS) is 23.3. The predicted molar refractivity (Wildman–Crippen MR) is 77.5 cm³/mol. The fourth-order valence-electron chi connectivity index (χ4n) is 3.03. The number of hydrogen-bond donors (Lipinski definition) is 1. The van der Waals surface area contributed by atoms with E-state index in [1.807, 2.05) is 11.3 Å². The maximum Gasteiger partial charge on any atom is 0.168 e. The first-order valence-corrected chi connectivity index (χ1v) is 8.06. The van der Waals surface area contributed by atoms with Gasteiger partial charge in [0.2, 0.25) is 0 Å². The third-order valence-electron chi connectivity index (χ3n) is 4.34. The number of ether oxygens (including phenoxy) is 2. The number of thiophene rings is 1. The minimum atomic E-state index is -0.228. The van der Waals surface area contributed by atoms with E-state index in [2.05, 4.69) is 25.2 Å². The Kier molecular flexibility index (Phi) is 3.94. The number of hydrogen-bond acceptors (Lipinski definition) is 4. The lowest BCUT2D eigenvalue weighted by atomic mass is 9.90. The molecule has 4 heteroatoms. The van der Waals surface area contributed by atoms with Gasteiger partial charge in [0.15, 0.2) is 5.79 Å². The van der Waals surface area contributed by atoms with Crippen molar-refractivity contribution < 1.29 is 9.47 Å². The molecule has 1 spiro atoms. The Bertz CT molecular complexity index is 408. The zero-order chi connectivity index (χ0) is 13.3. The van der Waals surface area contributed by atoms with Crippen LogP contribution in [0.5, 0.6) is 0 Å². The monoisotopic (exact) mass is 281 g/mol. The SMILES string of the molecule is Cc1cc(CNC2CCC3(CC2)OCCO3)sc1C. The van der Waals surface area contributed by atoms with Gasteiger partial charge in [-0.2, -0.15) is 0 Å². The molecule has 0 bridgehead atoms. The quantitative estimate of drug-likeness (QED) is 0.923. The molecule has 1 aliphatic carbocycles. The molecule has 1 aliphatic heterocycles. The fraction of sp³-hybridized carbons (Fsp3) is 0.733. The van der Waals surface area contributed by atoms with Crippen molar-refractivity contribution in [3.63, 3.8) is 0 Å². The largest absolute Gasteiger partial charge is 0.348 e. The molecule has 1 saturated carbocycles. The van der Waals surface area contributed by atoms with Gasteiger partial charge in [-0.25, -0.2) is 0 Å². The molecule has 106 valence electrons. The predicted octanol–water partition coefficient (Wildman–Crippen LogP) is 3.14. The summed E-state index contributed by atoms with van der Waals surface area (Å²) in [6.07, 6.45) is 4.38. The van der Waals surface area contributed by atoms with E-state index in [1.54, 1.807) is 0 Å². The zero-order valence-electron chi connectivity index (χ0n) is 11.8. The van der Waals surface area contributed by atoms with Crippen LogP contribution >= 0.6 is 11.3 Å². The molecule has 0 unspecified atom stereocenters. The summed E-state index contributed by atoms with van der Waals surface area (Å²) in [7, 11) is 0. The van der Waals surface area contributed by atoms with Crippen LogP contribution in [0.4, 0.5) is 0 Å². The Labute approximate surface area is 119 Å². The van der Waals surface area contributed by atoms with Crippen LogP contribution in [0.3, 0.4) is 0 Å². The van der Waals surface area contributed by atoms with E-state index < -0.39 is 0 Å². The summed E-state index contributed by atoms with van der Waals surface area (Å²) in [6, 6.07) is 2.92. The van der Waals surface area contributed by atoms with Crippen LogP contribution in [-0.2, 0) is 16.0 Å². The molecule has 0 amide bonds. The first-order valence-electron chi connectivity index (χ1n) is 7.24. The highest BCUT2D eigenvalue weighted by atomic mass is 32.1. The van der Waals surface area contributed by atoms with Gasteiger partial charge in [-0.1, -0.05) is 0 Å². The van der Waals surface area contributed by atoms with E-state index >= 15 is 0 Å². The van der Waals surface area contributed by atoms with Gasteiger partial charge in [0, 0.05) is 35.2 Å². The van der Waals surface area contributed by atoms with Crippen molar-refractivity contribution in [3.05, 3.63) is 21.4 Å². The average molecular weight is 281 g/mol. The summed E-state index contributed by atoms with van der Waals surface area (Å²) in [5.74, 6) is -0.228. The van der Waals surface area contributed by atoms with Crippen molar-refractivity contribution in [2.75, 3.05) is 13.2 Å². The summed E-state index contributed by atoms with van der Waals surface area (Å²) in [6.45, 7) is 6.92. The van der Waals surface area contributed by atoms with Crippen molar-refractivity contribution >= 4 is 11.3 Å². The molecule has 19 heavy (non-hydrogen) atoms. The Morgan fingerprint density at radius 2 is 1.95 bits per heavy atom. The maximum absolute atomic E-state index is 5.76. The Balaban J connectivity index is 1.47. The molecule has 0 aromatic carbocycles. The Morgan fingerprint density at radius 1 is 1.26 bits per heavy atom. The third kappa shape index (κ3) is 3.02. The van der Waals surface area contributed by atoms with Crippen LogP contribution in [0.25, 0.3) is 0 Å². The van der Waals surface area contributed by atoms with Gasteiger partial charge in [-0.15, -0.1) is 11.3 Å². The van der Waals surface area contributed by atoms with Crippen LogP contribution in [0, 0.1) is 13.8 Å². The Hall–Kier alpha value is -0.420. The van der Waals surface area contributed by atoms with Gasteiger partial charge >= 0.3 is 0 Å². The van der Waals surface area contributed by atoms with E-state index in [0.29, 0.717) is 6.04 Å². The minimum absolute atomic E-state index is 0.228. The van der Waals surface area contributed by atoms with Crippen molar-refractivity contribution in [3.8, 4) is 0 Å². The van der Waals surface area contributed by atoms with Crippen LogP contribution in [0.2, 0.25) is 0 Å². The van der Waals surface area contributed by atoms with E-state index in [0.717, 1.165) is 45.4 Å².